The zero-order valence-corrected chi connectivity index (χ0v) is 12.4. The fourth-order valence-electron chi connectivity index (χ4n) is 3.06. The molecule has 1 aliphatic carbocycles. The monoisotopic (exact) mass is 318 g/mol. The summed E-state index contributed by atoms with van der Waals surface area (Å²) in [5.74, 6) is 0.00774. The number of para-hydroxylation sites is 1. The molecule has 1 saturated heterocycles. The predicted octanol–water partition coefficient (Wildman–Crippen LogP) is 2.74. The van der Waals surface area contributed by atoms with Gasteiger partial charge in [-0.15, -0.1) is 0 Å². The lowest BCUT2D eigenvalue weighted by Gasteiger charge is -2.17. The van der Waals surface area contributed by atoms with Gasteiger partial charge in [0.15, 0.2) is 5.82 Å². The minimum atomic E-state index is -2.73. The molecule has 0 radical (unpaired) electrons. The van der Waals surface area contributed by atoms with Gasteiger partial charge in [0.1, 0.15) is 5.82 Å². The molecule has 1 unspecified atom stereocenters. The van der Waals surface area contributed by atoms with E-state index >= 15 is 0 Å². The third-order valence-corrected chi connectivity index (χ3v) is 4.30. The van der Waals surface area contributed by atoms with Crippen molar-refractivity contribution in [3.8, 4) is 0 Å². The van der Waals surface area contributed by atoms with Crippen molar-refractivity contribution in [3.05, 3.63) is 30.1 Å². The van der Waals surface area contributed by atoms with Gasteiger partial charge < -0.3 is 10.2 Å². The number of alkyl halides is 2. The molecule has 23 heavy (non-hydrogen) atoms. The van der Waals surface area contributed by atoms with Gasteiger partial charge in [-0.25, -0.2) is 18.7 Å². The van der Waals surface area contributed by atoms with Crippen molar-refractivity contribution in [2.75, 3.05) is 11.9 Å². The van der Waals surface area contributed by atoms with E-state index < -0.39 is 12.2 Å². The van der Waals surface area contributed by atoms with E-state index in [0.717, 1.165) is 12.8 Å². The quantitative estimate of drug-likeness (QED) is 0.942. The van der Waals surface area contributed by atoms with Crippen LogP contribution in [0.4, 0.5) is 14.6 Å². The first-order valence-corrected chi connectivity index (χ1v) is 7.72. The summed E-state index contributed by atoms with van der Waals surface area (Å²) in [6.45, 7) is 0.603. The summed E-state index contributed by atoms with van der Waals surface area (Å²) in [5, 5.41) is 3.86. The van der Waals surface area contributed by atoms with Crippen molar-refractivity contribution in [1.82, 2.24) is 14.9 Å². The molecule has 1 aromatic heterocycles. The average Bonchev–Trinajstić information content (AvgIpc) is 3.31. The Balaban J connectivity index is 1.64. The summed E-state index contributed by atoms with van der Waals surface area (Å²) in [6, 6.07) is 7.31. The van der Waals surface area contributed by atoms with E-state index in [0.29, 0.717) is 35.7 Å². The van der Waals surface area contributed by atoms with Gasteiger partial charge >= 0.3 is 0 Å². The van der Waals surface area contributed by atoms with Crippen LogP contribution in [0.15, 0.2) is 24.3 Å². The Morgan fingerprint density at radius 2 is 2.00 bits per heavy atom. The molecule has 5 nitrogen and oxygen atoms in total. The standard InChI is InChI=1S/C16H16F2N4O/c17-14(18)16-20-12-4-2-1-3-11(12)15(21-16)19-9-7-13(23)22(8-9)10-5-6-10/h1-4,9-10,14H,5-8H2,(H,19,20,21). The average molecular weight is 318 g/mol. The number of anilines is 1. The van der Waals surface area contributed by atoms with Crippen LogP contribution in [0.25, 0.3) is 10.9 Å². The van der Waals surface area contributed by atoms with Crippen LogP contribution in [-0.4, -0.2) is 39.4 Å². The number of nitrogens with zero attached hydrogens (tertiary/aromatic N) is 3. The zero-order chi connectivity index (χ0) is 16.0. The molecule has 2 aliphatic rings. The van der Waals surface area contributed by atoms with Crippen molar-refractivity contribution in [3.63, 3.8) is 0 Å². The Hall–Kier alpha value is -2.31. The van der Waals surface area contributed by atoms with E-state index in [9.17, 15) is 13.6 Å². The molecule has 0 spiro atoms. The SMILES string of the molecule is O=C1CC(Nc2nc(C(F)F)nc3ccccc23)CN1C1CC1. The molecular formula is C16H16F2N4O. The number of rotatable bonds is 4. The maximum absolute atomic E-state index is 13.0. The Bertz CT molecular complexity index is 763. The first-order valence-electron chi connectivity index (χ1n) is 7.72. The van der Waals surface area contributed by atoms with Gasteiger partial charge in [0.05, 0.1) is 11.6 Å². The normalized spacial score (nSPS) is 21.4. The molecule has 1 saturated carbocycles. The second-order valence-electron chi connectivity index (χ2n) is 6.07. The number of hydrogen-bond donors (Lipinski definition) is 1. The van der Waals surface area contributed by atoms with Crippen molar-refractivity contribution in [2.45, 2.75) is 37.8 Å². The lowest BCUT2D eigenvalue weighted by atomic mass is 10.2. The number of carbonyl (C=O) groups is 1. The lowest BCUT2D eigenvalue weighted by Crippen LogP contribution is -2.30. The number of aromatic nitrogens is 2. The fourth-order valence-corrected chi connectivity index (χ4v) is 3.06. The van der Waals surface area contributed by atoms with E-state index in [1.54, 1.807) is 18.2 Å². The molecule has 120 valence electrons. The molecule has 2 fully saturated rings. The molecule has 1 N–H and O–H groups in total. The van der Waals surface area contributed by atoms with Crippen molar-refractivity contribution >= 4 is 22.6 Å². The van der Waals surface area contributed by atoms with Crippen LogP contribution in [0.1, 0.15) is 31.5 Å². The van der Waals surface area contributed by atoms with Crippen molar-refractivity contribution in [2.24, 2.45) is 0 Å². The summed E-state index contributed by atoms with van der Waals surface area (Å²) in [4.78, 5) is 21.8. The topological polar surface area (TPSA) is 58.1 Å². The summed E-state index contributed by atoms with van der Waals surface area (Å²) in [7, 11) is 0. The Morgan fingerprint density at radius 3 is 2.74 bits per heavy atom. The van der Waals surface area contributed by atoms with Gasteiger partial charge in [0, 0.05) is 24.4 Å². The van der Waals surface area contributed by atoms with Crippen LogP contribution in [0.5, 0.6) is 0 Å². The van der Waals surface area contributed by atoms with Gasteiger partial charge in [-0.1, -0.05) is 12.1 Å². The van der Waals surface area contributed by atoms with E-state index in [-0.39, 0.29) is 11.9 Å². The van der Waals surface area contributed by atoms with E-state index in [4.69, 9.17) is 0 Å². The van der Waals surface area contributed by atoms with Gasteiger partial charge in [-0.2, -0.15) is 0 Å². The van der Waals surface area contributed by atoms with E-state index in [1.807, 2.05) is 11.0 Å². The number of nitrogens with one attached hydrogen (secondary N) is 1. The molecular weight excluding hydrogens is 302 g/mol. The van der Waals surface area contributed by atoms with Crippen LogP contribution in [-0.2, 0) is 4.79 Å². The fraction of sp³-hybridized carbons (Fsp3) is 0.438. The number of amides is 1. The molecule has 1 aliphatic heterocycles. The number of fused-ring (bicyclic) bond motifs is 1. The Morgan fingerprint density at radius 1 is 1.22 bits per heavy atom. The summed E-state index contributed by atoms with van der Waals surface area (Å²) in [5.41, 5.74) is 0.476. The predicted molar refractivity (Wildman–Crippen MR) is 81.3 cm³/mol. The molecule has 1 aromatic carbocycles. The maximum atomic E-state index is 13.0. The molecule has 0 bridgehead atoms. The summed E-state index contributed by atoms with van der Waals surface area (Å²) in [6.07, 6.45) is -0.235. The van der Waals surface area contributed by atoms with Crippen LogP contribution in [0.3, 0.4) is 0 Å². The Labute approximate surface area is 131 Å². The number of benzene rings is 1. The van der Waals surface area contributed by atoms with Crippen LogP contribution < -0.4 is 5.32 Å². The minimum absolute atomic E-state index is 0.105. The molecule has 1 amide bonds. The number of hydrogen-bond acceptors (Lipinski definition) is 4. The third-order valence-electron chi connectivity index (χ3n) is 4.30. The Kier molecular flexibility index (Phi) is 3.36. The highest BCUT2D eigenvalue weighted by Gasteiger charge is 2.39. The first-order chi connectivity index (χ1) is 11.1. The number of halogens is 2. The van der Waals surface area contributed by atoms with Gasteiger partial charge in [0.25, 0.3) is 6.43 Å². The summed E-state index contributed by atoms with van der Waals surface area (Å²) >= 11 is 0. The largest absolute Gasteiger partial charge is 0.364 e. The van der Waals surface area contributed by atoms with Gasteiger partial charge in [0.2, 0.25) is 5.91 Å². The second-order valence-corrected chi connectivity index (χ2v) is 6.07. The van der Waals surface area contributed by atoms with E-state index in [1.165, 1.54) is 0 Å². The van der Waals surface area contributed by atoms with Crippen molar-refractivity contribution in [1.29, 1.82) is 0 Å². The highest BCUT2D eigenvalue weighted by atomic mass is 19.3. The highest BCUT2D eigenvalue weighted by molar-refractivity contribution is 5.89. The van der Waals surface area contributed by atoms with E-state index in [2.05, 4.69) is 15.3 Å². The summed E-state index contributed by atoms with van der Waals surface area (Å²) < 4.78 is 26.0. The number of likely N-dealkylation sites (tertiary alicyclic amines) is 1. The van der Waals surface area contributed by atoms with Crippen molar-refractivity contribution < 1.29 is 13.6 Å². The van der Waals surface area contributed by atoms with Gasteiger partial charge in [-0.05, 0) is 25.0 Å². The molecule has 4 rings (SSSR count). The zero-order valence-electron chi connectivity index (χ0n) is 12.4. The first kappa shape index (κ1) is 14.3. The molecule has 1 atom stereocenters. The smallest absolute Gasteiger partial charge is 0.297 e. The molecule has 2 heterocycles. The second kappa shape index (κ2) is 5.40. The van der Waals surface area contributed by atoms with Crippen LogP contribution in [0.2, 0.25) is 0 Å². The third kappa shape index (κ3) is 2.71. The molecule has 7 heteroatoms. The maximum Gasteiger partial charge on any atom is 0.297 e. The number of carbonyl (C=O) groups excluding carboxylic acids is 1. The van der Waals surface area contributed by atoms with Crippen LogP contribution in [0, 0.1) is 0 Å². The van der Waals surface area contributed by atoms with Crippen LogP contribution >= 0.6 is 0 Å². The van der Waals surface area contributed by atoms with Gasteiger partial charge in [-0.3, -0.25) is 4.79 Å². The lowest BCUT2D eigenvalue weighted by molar-refractivity contribution is -0.128. The minimum Gasteiger partial charge on any atom is -0.364 e. The molecule has 2 aromatic rings. The highest BCUT2D eigenvalue weighted by Crippen LogP contribution is 2.32.